The maximum atomic E-state index is 3.45. The molecule has 0 spiro atoms. The quantitative estimate of drug-likeness (QED) is 0.843. The third kappa shape index (κ3) is 2.04. The van der Waals surface area contributed by atoms with E-state index < -0.39 is 0 Å². The standard InChI is InChI=1S/C15H16N2/c1-3-7-13(8-4-1)15-11-16-12-17(15)14-9-5-2-6-10-14/h1-10,15-16H,11-12H2. The van der Waals surface area contributed by atoms with Crippen molar-refractivity contribution in [2.75, 3.05) is 18.1 Å². The van der Waals surface area contributed by atoms with Crippen LogP contribution in [0.3, 0.4) is 0 Å². The Bertz CT molecular complexity index is 421. The first-order chi connectivity index (χ1) is 8.45. The summed E-state index contributed by atoms with van der Waals surface area (Å²) in [4.78, 5) is 2.41. The highest BCUT2D eigenvalue weighted by Gasteiger charge is 2.25. The van der Waals surface area contributed by atoms with Gasteiger partial charge in [-0.2, -0.15) is 0 Å². The molecule has 0 aromatic heterocycles. The second-order valence-electron chi connectivity index (χ2n) is 4.34. The van der Waals surface area contributed by atoms with Crippen LogP contribution < -0.4 is 10.2 Å². The third-order valence-corrected chi connectivity index (χ3v) is 3.27. The number of hydrogen-bond donors (Lipinski definition) is 1. The molecule has 1 heterocycles. The van der Waals surface area contributed by atoms with Gasteiger partial charge in [0.15, 0.2) is 0 Å². The number of benzene rings is 2. The Morgan fingerprint density at radius 2 is 1.53 bits per heavy atom. The van der Waals surface area contributed by atoms with Crippen LogP contribution in [0.4, 0.5) is 5.69 Å². The van der Waals surface area contributed by atoms with Gasteiger partial charge in [0, 0.05) is 12.2 Å². The van der Waals surface area contributed by atoms with Crippen molar-refractivity contribution in [3.8, 4) is 0 Å². The van der Waals surface area contributed by atoms with Gasteiger partial charge in [-0.15, -0.1) is 0 Å². The Hall–Kier alpha value is -1.80. The number of nitrogens with zero attached hydrogens (tertiary/aromatic N) is 1. The predicted molar refractivity (Wildman–Crippen MR) is 71.0 cm³/mol. The Morgan fingerprint density at radius 1 is 0.882 bits per heavy atom. The molecule has 1 atom stereocenters. The van der Waals surface area contributed by atoms with Gasteiger partial charge in [-0.1, -0.05) is 48.5 Å². The molecular weight excluding hydrogens is 208 g/mol. The average Bonchev–Trinajstić information content (AvgIpc) is 2.90. The first-order valence-electron chi connectivity index (χ1n) is 6.02. The van der Waals surface area contributed by atoms with Gasteiger partial charge >= 0.3 is 0 Å². The SMILES string of the molecule is c1ccc(C2CNCN2c2ccccc2)cc1. The number of rotatable bonds is 2. The minimum absolute atomic E-state index is 0.443. The summed E-state index contributed by atoms with van der Waals surface area (Å²) >= 11 is 0. The van der Waals surface area contributed by atoms with Crippen LogP contribution in [0.5, 0.6) is 0 Å². The van der Waals surface area contributed by atoms with Gasteiger partial charge in [0.05, 0.1) is 12.7 Å². The molecule has 0 bridgehead atoms. The van der Waals surface area contributed by atoms with Crippen molar-refractivity contribution in [1.29, 1.82) is 0 Å². The molecule has 3 rings (SSSR count). The fraction of sp³-hybridized carbons (Fsp3) is 0.200. The Labute approximate surface area is 102 Å². The van der Waals surface area contributed by atoms with Gasteiger partial charge in [0.2, 0.25) is 0 Å². The van der Waals surface area contributed by atoms with E-state index >= 15 is 0 Å². The van der Waals surface area contributed by atoms with Crippen LogP contribution in [-0.4, -0.2) is 13.2 Å². The smallest absolute Gasteiger partial charge is 0.0689 e. The second-order valence-corrected chi connectivity index (χ2v) is 4.34. The molecule has 1 saturated heterocycles. The Balaban J connectivity index is 1.91. The molecule has 86 valence electrons. The van der Waals surface area contributed by atoms with Crippen LogP contribution in [0.1, 0.15) is 11.6 Å². The first kappa shape index (κ1) is 10.4. The van der Waals surface area contributed by atoms with E-state index in [2.05, 4.69) is 70.9 Å². The number of nitrogens with one attached hydrogen (secondary N) is 1. The Kier molecular flexibility index (Phi) is 2.80. The molecule has 0 amide bonds. The second kappa shape index (κ2) is 4.60. The largest absolute Gasteiger partial charge is 0.350 e. The molecule has 0 aliphatic carbocycles. The summed E-state index contributed by atoms with van der Waals surface area (Å²) in [7, 11) is 0. The van der Waals surface area contributed by atoms with Crippen LogP contribution in [0, 0.1) is 0 Å². The van der Waals surface area contributed by atoms with E-state index in [4.69, 9.17) is 0 Å². The zero-order valence-electron chi connectivity index (χ0n) is 9.71. The van der Waals surface area contributed by atoms with Crippen molar-refractivity contribution >= 4 is 5.69 Å². The summed E-state index contributed by atoms with van der Waals surface area (Å²) in [6.07, 6.45) is 0. The highest BCUT2D eigenvalue weighted by molar-refractivity contribution is 5.49. The molecule has 1 aliphatic heterocycles. The zero-order chi connectivity index (χ0) is 11.5. The molecular formula is C15H16N2. The molecule has 1 aliphatic rings. The van der Waals surface area contributed by atoms with Gasteiger partial charge in [0.25, 0.3) is 0 Å². The monoisotopic (exact) mass is 224 g/mol. The van der Waals surface area contributed by atoms with E-state index in [1.807, 2.05) is 0 Å². The summed E-state index contributed by atoms with van der Waals surface area (Å²) in [5.41, 5.74) is 2.66. The maximum absolute atomic E-state index is 3.45. The number of hydrogen-bond acceptors (Lipinski definition) is 2. The summed E-state index contributed by atoms with van der Waals surface area (Å²) < 4.78 is 0. The van der Waals surface area contributed by atoms with Gasteiger partial charge < -0.3 is 4.90 Å². The molecule has 2 aromatic rings. The molecule has 17 heavy (non-hydrogen) atoms. The summed E-state index contributed by atoms with van der Waals surface area (Å²) in [5, 5.41) is 3.45. The van der Waals surface area contributed by atoms with E-state index in [-0.39, 0.29) is 0 Å². The van der Waals surface area contributed by atoms with Crippen LogP contribution in [-0.2, 0) is 0 Å². The molecule has 0 radical (unpaired) electrons. The van der Waals surface area contributed by atoms with Crippen LogP contribution >= 0.6 is 0 Å². The fourth-order valence-electron chi connectivity index (χ4n) is 2.41. The maximum Gasteiger partial charge on any atom is 0.0689 e. The van der Waals surface area contributed by atoms with Crippen molar-refractivity contribution in [1.82, 2.24) is 5.32 Å². The minimum atomic E-state index is 0.443. The van der Waals surface area contributed by atoms with Crippen LogP contribution in [0.15, 0.2) is 60.7 Å². The first-order valence-corrected chi connectivity index (χ1v) is 6.02. The lowest BCUT2D eigenvalue weighted by molar-refractivity contribution is 0.755. The van der Waals surface area contributed by atoms with Gasteiger partial charge in [-0.05, 0) is 17.7 Å². The van der Waals surface area contributed by atoms with E-state index in [1.165, 1.54) is 11.3 Å². The summed E-state index contributed by atoms with van der Waals surface area (Å²) in [6.45, 7) is 1.93. The molecule has 1 unspecified atom stereocenters. The van der Waals surface area contributed by atoms with E-state index in [9.17, 15) is 0 Å². The van der Waals surface area contributed by atoms with E-state index in [0.717, 1.165) is 13.2 Å². The fourth-order valence-corrected chi connectivity index (χ4v) is 2.41. The van der Waals surface area contributed by atoms with E-state index in [1.54, 1.807) is 0 Å². The summed E-state index contributed by atoms with van der Waals surface area (Å²) in [5.74, 6) is 0. The molecule has 1 fully saturated rings. The van der Waals surface area contributed by atoms with Crippen LogP contribution in [0.25, 0.3) is 0 Å². The molecule has 2 heteroatoms. The van der Waals surface area contributed by atoms with E-state index in [0.29, 0.717) is 6.04 Å². The lowest BCUT2D eigenvalue weighted by Gasteiger charge is -2.25. The molecule has 2 aromatic carbocycles. The van der Waals surface area contributed by atoms with Gasteiger partial charge in [0.1, 0.15) is 0 Å². The molecule has 2 nitrogen and oxygen atoms in total. The number of para-hydroxylation sites is 1. The van der Waals surface area contributed by atoms with Gasteiger partial charge in [-0.3, -0.25) is 5.32 Å². The van der Waals surface area contributed by atoms with Gasteiger partial charge in [-0.25, -0.2) is 0 Å². The average molecular weight is 224 g/mol. The van der Waals surface area contributed by atoms with Crippen molar-refractivity contribution in [3.05, 3.63) is 66.2 Å². The highest BCUT2D eigenvalue weighted by atomic mass is 15.3. The van der Waals surface area contributed by atoms with Crippen LogP contribution in [0.2, 0.25) is 0 Å². The molecule has 0 saturated carbocycles. The summed E-state index contributed by atoms with van der Waals surface area (Å²) in [6, 6.07) is 21.7. The predicted octanol–water partition coefficient (Wildman–Crippen LogP) is 2.80. The molecule has 1 N–H and O–H groups in total. The lowest BCUT2D eigenvalue weighted by Crippen LogP contribution is -2.24. The number of anilines is 1. The minimum Gasteiger partial charge on any atom is -0.350 e. The third-order valence-electron chi connectivity index (χ3n) is 3.27. The lowest BCUT2D eigenvalue weighted by atomic mass is 10.1. The zero-order valence-corrected chi connectivity index (χ0v) is 9.71. The van der Waals surface area contributed by atoms with Crippen molar-refractivity contribution in [2.45, 2.75) is 6.04 Å². The van der Waals surface area contributed by atoms with Crippen molar-refractivity contribution in [3.63, 3.8) is 0 Å². The van der Waals surface area contributed by atoms with Crippen molar-refractivity contribution in [2.24, 2.45) is 0 Å². The Morgan fingerprint density at radius 3 is 2.24 bits per heavy atom. The highest BCUT2D eigenvalue weighted by Crippen LogP contribution is 2.28. The van der Waals surface area contributed by atoms with Crippen molar-refractivity contribution < 1.29 is 0 Å². The normalized spacial score (nSPS) is 19.5. The topological polar surface area (TPSA) is 15.3 Å².